The van der Waals surface area contributed by atoms with E-state index in [-0.39, 0.29) is 18.0 Å². The number of aliphatic hydroxyl groups excluding tert-OH is 1. The van der Waals surface area contributed by atoms with Gasteiger partial charge in [0.1, 0.15) is 5.82 Å². The topological polar surface area (TPSA) is 58.3 Å². The lowest BCUT2D eigenvalue weighted by atomic mass is 10.2. The zero-order valence-corrected chi connectivity index (χ0v) is 8.26. The summed E-state index contributed by atoms with van der Waals surface area (Å²) in [5.74, 6) is -1.42. The average Bonchev–Trinajstić information content (AvgIpc) is 2.19. The highest BCUT2D eigenvalue weighted by atomic mass is 19.1. The van der Waals surface area contributed by atoms with Gasteiger partial charge in [-0.2, -0.15) is 0 Å². The Morgan fingerprint density at radius 3 is 2.67 bits per heavy atom. The van der Waals surface area contributed by atoms with Crippen molar-refractivity contribution in [2.75, 3.05) is 24.2 Å². The molecule has 0 saturated carbocycles. The van der Waals surface area contributed by atoms with Crippen LogP contribution in [0.1, 0.15) is 12.8 Å². The normalized spacial score (nSPS) is 10.3. The van der Waals surface area contributed by atoms with Crippen molar-refractivity contribution in [3.8, 4) is 0 Å². The van der Waals surface area contributed by atoms with Crippen molar-refractivity contribution in [2.45, 2.75) is 12.8 Å². The predicted octanol–water partition coefficient (Wildman–Crippen LogP) is 1.73. The van der Waals surface area contributed by atoms with Crippen LogP contribution in [0.3, 0.4) is 0 Å². The summed E-state index contributed by atoms with van der Waals surface area (Å²) in [6.07, 6.45) is 1.36. The molecule has 0 aromatic heterocycles. The van der Waals surface area contributed by atoms with E-state index in [1.54, 1.807) is 0 Å². The van der Waals surface area contributed by atoms with Crippen molar-refractivity contribution < 1.29 is 13.9 Å². The summed E-state index contributed by atoms with van der Waals surface area (Å²) in [5, 5.41) is 11.3. The van der Waals surface area contributed by atoms with Gasteiger partial charge >= 0.3 is 0 Å². The number of nitrogens with two attached hydrogens (primary N) is 1. The zero-order valence-electron chi connectivity index (χ0n) is 8.26. The van der Waals surface area contributed by atoms with Crippen molar-refractivity contribution in [1.29, 1.82) is 0 Å². The molecule has 0 unspecified atom stereocenters. The Hall–Kier alpha value is -1.36. The molecule has 0 saturated heterocycles. The van der Waals surface area contributed by atoms with Crippen LogP contribution in [-0.2, 0) is 0 Å². The predicted molar refractivity (Wildman–Crippen MR) is 55.6 cm³/mol. The summed E-state index contributed by atoms with van der Waals surface area (Å²) in [5.41, 5.74) is 5.58. The van der Waals surface area contributed by atoms with Gasteiger partial charge in [-0.1, -0.05) is 0 Å². The molecule has 0 fully saturated rings. The summed E-state index contributed by atoms with van der Waals surface area (Å²) in [6, 6.07) is 1.89. The second-order valence-electron chi connectivity index (χ2n) is 3.21. The zero-order chi connectivity index (χ0) is 11.3. The lowest BCUT2D eigenvalue weighted by molar-refractivity contribution is 0.286. The SMILES string of the molecule is Nc1c(F)cc(F)cc1NCCCCO. The standard InChI is InChI=1S/C10H14F2N2O/c11-7-5-8(12)10(13)9(6-7)14-3-1-2-4-15/h5-6,14-15H,1-4,13H2. The second kappa shape index (κ2) is 5.50. The average molecular weight is 216 g/mol. The van der Waals surface area contributed by atoms with Crippen LogP contribution in [0.4, 0.5) is 20.2 Å². The first kappa shape index (κ1) is 11.7. The van der Waals surface area contributed by atoms with Gasteiger partial charge in [0.15, 0.2) is 5.82 Å². The number of hydrogen-bond donors (Lipinski definition) is 3. The van der Waals surface area contributed by atoms with Crippen LogP contribution in [0.15, 0.2) is 12.1 Å². The van der Waals surface area contributed by atoms with E-state index in [0.29, 0.717) is 19.4 Å². The molecule has 0 radical (unpaired) electrons. The number of nitrogens with one attached hydrogen (secondary N) is 1. The second-order valence-corrected chi connectivity index (χ2v) is 3.21. The lowest BCUT2D eigenvalue weighted by Gasteiger charge is -2.09. The molecule has 0 heterocycles. The van der Waals surface area contributed by atoms with E-state index in [1.165, 1.54) is 0 Å². The molecule has 0 aliphatic rings. The molecule has 1 rings (SSSR count). The van der Waals surface area contributed by atoms with E-state index in [1.807, 2.05) is 0 Å². The molecule has 0 amide bonds. The van der Waals surface area contributed by atoms with Crippen LogP contribution in [0.2, 0.25) is 0 Å². The maximum absolute atomic E-state index is 13.0. The molecule has 15 heavy (non-hydrogen) atoms. The summed E-state index contributed by atoms with van der Waals surface area (Å²) >= 11 is 0. The Bertz CT molecular complexity index is 331. The molecule has 3 nitrogen and oxygen atoms in total. The van der Waals surface area contributed by atoms with Gasteiger partial charge < -0.3 is 16.2 Å². The third kappa shape index (κ3) is 3.36. The Kier molecular flexibility index (Phi) is 4.30. The molecular weight excluding hydrogens is 202 g/mol. The molecule has 0 atom stereocenters. The minimum Gasteiger partial charge on any atom is -0.396 e. The van der Waals surface area contributed by atoms with Gasteiger partial charge in [-0.25, -0.2) is 8.78 Å². The molecule has 1 aromatic carbocycles. The molecule has 1 aromatic rings. The summed E-state index contributed by atoms with van der Waals surface area (Å²) < 4.78 is 25.8. The smallest absolute Gasteiger partial charge is 0.151 e. The minimum atomic E-state index is -0.764. The summed E-state index contributed by atoms with van der Waals surface area (Å²) in [6.45, 7) is 0.627. The van der Waals surface area contributed by atoms with Crippen molar-refractivity contribution in [1.82, 2.24) is 0 Å². The van der Waals surface area contributed by atoms with Gasteiger partial charge in [0, 0.05) is 19.2 Å². The highest BCUT2D eigenvalue weighted by Crippen LogP contribution is 2.23. The van der Waals surface area contributed by atoms with E-state index in [9.17, 15) is 8.78 Å². The van der Waals surface area contributed by atoms with Crippen molar-refractivity contribution in [3.05, 3.63) is 23.8 Å². The highest BCUT2D eigenvalue weighted by molar-refractivity contribution is 5.66. The molecule has 0 aliphatic carbocycles. The van der Waals surface area contributed by atoms with Crippen molar-refractivity contribution >= 4 is 11.4 Å². The monoisotopic (exact) mass is 216 g/mol. The molecular formula is C10H14F2N2O. The Balaban J connectivity index is 2.60. The van der Waals surface area contributed by atoms with Crippen molar-refractivity contribution in [2.24, 2.45) is 0 Å². The summed E-state index contributed by atoms with van der Waals surface area (Å²) in [4.78, 5) is 0. The fourth-order valence-corrected chi connectivity index (χ4v) is 1.19. The Labute approximate surface area is 86.9 Å². The fourth-order valence-electron chi connectivity index (χ4n) is 1.19. The van der Waals surface area contributed by atoms with Gasteiger partial charge in [-0.05, 0) is 18.9 Å². The van der Waals surface area contributed by atoms with E-state index in [0.717, 1.165) is 12.1 Å². The van der Waals surface area contributed by atoms with Crippen LogP contribution in [0.25, 0.3) is 0 Å². The van der Waals surface area contributed by atoms with Crippen LogP contribution in [0.5, 0.6) is 0 Å². The minimum absolute atomic E-state index is 0.0830. The number of unbranched alkanes of at least 4 members (excludes halogenated alkanes) is 1. The van der Waals surface area contributed by atoms with Crippen LogP contribution in [0, 0.1) is 11.6 Å². The van der Waals surface area contributed by atoms with Gasteiger partial charge in [0.2, 0.25) is 0 Å². The first-order valence-electron chi connectivity index (χ1n) is 4.74. The first-order valence-corrected chi connectivity index (χ1v) is 4.74. The van der Waals surface area contributed by atoms with Crippen LogP contribution >= 0.6 is 0 Å². The van der Waals surface area contributed by atoms with Gasteiger partial charge in [0.05, 0.1) is 11.4 Å². The Morgan fingerprint density at radius 1 is 1.27 bits per heavy atom. The molecule has 0 bridgehead atoms. The van der Waals surface area contributed by atoms with E-state index < -0.39 is 11.6 Å². The third-order valence-electron chi connectivity index (χ3n) is 1.99. The lowest BCUT2D eigenvalue weighted by Crippen LogP contribution is -2.06. The molecule has 5 heteroatoms. The van der Waals surface area contributed by atoms with E-state index >= 15 is 0 Å². The van der Waals surface area contributed by atoms with E-state index in [4.69, 9.17) is 10.8 Å². The number of nitrogen functional groups attached to an aromatic ring is 1. The largest absolute Gasteiger partial charge is 0.396 e. The number of aliphatic hydroxyl groups is 1. The third-order valence-corrected chi connectivity index (χ3v) is 1.99. The summed E-state index contributed by atoms with van der Waals surface area (Å²) in [7, 11) is 0. The number of halogens is 2. The van der Waals surface area contributed by atoms with Crippen LogP contribution in [-0.4, -0.2) is 18.3 Å². The Morgan fingerprint density at radius 2 is 2.00 bits per heavy atom. The quantitative estimate of drug-likeness (QED) is 0.519. The number of benzene rings is 1. The fraction of sp³-hybridized carbons (Fsp3) is 0.400. The number of rotatable bonds is 5. The number of hydrogen-bond acceptors (Lipinski definition) is 3. The first-order chi connectivity index (χ1) is 7.15. The van der Waals surface area contributed by atoms with Crippen LogP contribution < -0.4 is 11.1 Å². The molecule has 0 aliphatic heterocycles. The maximum atomic E-state index is 13.0. The molecule has 84 valence electrons. The molecule has 0 spiro atoms. The molecule has 4 N–H and O–H groups in total. The van der Waals surface area contributed by atoms with Gasteiger partial charge in [-0.3, -0.25) is 0 Å². The highest BCUT2D eigenvalue weighted by Gasteiger charge is 2.07. The van der Waals surface area contributed by atoms with E-state index in [2.05, 4.69) is 5.32 Å². The number of anilines is 2. The van der Waals surface area contributed by atoms with Gasteiger partial charge in [-0.15, -0.1) is 0 Å². The van der Waals surface area contributed by atoms with Crippen molar-refractivity contribution in [3.63, 3.8) is 0 Å². The van der Waals surface area contributed by atoms with Gasteiger partial charge in [0.25, 0.3) is 0 Å². The maximum Gasteiger partial charge on any atom is 0.151 e.